The molecule has 234 valence electrons. The van der Waals surface area contributed by atoms with Crippen LogP contribution in [0.2, 0.25) is 0 Å². The molecule has 0 aliphatic carbocycles. The summed E-state index contributed by atoms with van der Waals surface area (Å²) in [4.78, 5) is 44.6. The van der Waals surface area contributed by atoms with Gasteiger partial charge in [0.05, 0.1) is 54.3 Å². The van der Waals surface area contributed by atoms with Crippen LogP contribution < -0.4 is 24.4 Å². The highest BCUT2D eigenvalue weighted by Crippen LogP contribution is 2.36. The van der Waals surface area contributed by atoms with Gasteiger partial charge in [-0.3, -0.25) is 9.36 Å². The molecule has 0 bridgehead atoms. The Bertz CT molecular complexity index is 2000. The first-order chi connectivity index (χ1) is 21.6. The number of furan rings is 1. The molecule has 0 N–H and O–H groups in total. The van der Waals surface area contributed by atoms with Crippen molar-refractivity contribution < 1.29 is 33.0 Å². The second-order valence-corrected chi connectivity index (χ2v) is 11.6. The van der Waals surface area contributed by atoms with Crippen molar-refractivity contribution in [3.63, 3.8) is 0 Å². The van der Waals surface area contributed by atoms with Gasteiger partial charge in [0, 0.05) is 11.6 Å². The topological polar surface area (TPSA) is 119 Å². The van der Waals surface area contributed by atoms with Crippen molar-refractivity contribution in [2.75, 3.05) is 20.8 Å². The van der Waals surface area contributed by atoms with Crippen LogP contribution in [0.5, 0.6) is 11.5 Å². The number of fused-ring (bicyclic) bond motifs is 1. The van der Waals surface area contributed by atoms with Crippen molar-refractivity contribution in [1.29, 1.82) is 0 Å². The number of esters is 2. The van der Waals surface area contributed by atoms with Crippen LogP contribution in [0.1, 0.15) is 61.0 Å². The lowest BCUT2D eigenvalue weighted by Crippen LogP contribution is -2.39. The molecule has 0 saturated heterocycles. The zero-order chi connectivity index (χ0) is 32.4. The van der Waals surface area contributed by atoms with Crippen LogP contribution in [0, 0.1) is 6.92 Å². The van der Waals surface area contributed by atoms with Crippen LogP contribution in [-0.4, -0.2) is 43.4 Å². The predicted molar refractivity (Wildman–Crippen MR) is 169 cm³/mol. The first-order valence-corrected chi connectivity index (χ1v) is 15.2. The van der Waals surface area contributed by atoms with Gasteiger partial charge >= 0.3 is 11.9 Å². The fourth-order valence-electron chi connectivity index (χ4n) is 5.18. The van der Waals surface area contributed by atoms with Crippen LogP contribution in [0.15, 0.2) is 74.0 Å². The van der Waals surface area contributed by atoms with E-state index >= 15 is 0 Å². The molecule has 0 spiro atoms. The van der Waals surface area contributed by atoms with E-state index in [1.54, 1.807) is 70.2 Å². The Morgan fingerprint density at radius 1 is 1.02 bits per heavy atom. The summed E-state index contributed by atoms with van der Waals surface area (Å²) in [5.74, 6) is 1.07. The molecule has 2 aromatic heterocycles. The minimum absolute atomic E-state index is 0.170. The quantitative estimate of drug-likeness (QED) is 0.239. The van der Waals surface area contributed by atoms with E-state index < -0.39 is 12.0 Å². The van der Waals surface area contributed by atoms with E-state index in [0.717, 1.165) is 11.1 Å². The summed E-state index contributed by atoms with van der Waals surface area (Å²) in [6, 6.07) is 13.3. The molecule has 1 aliphatic heterocycles. The molecule has 1 aliphatic rings. The highest BCUT2D eigenvalue weighted by Gasteiger charge is 2.34. The molecule has 5 rings (SSSR count). The van der Waals surface area contributed by atoms with Gasteiger partial charge in [0.15, 0.2) is 16.3 Å². The molecule has 0 saturated carbocycles. The molecule has 2 aromatic carbocycles. The lowest BCUT2D eigenvalue weighted by atomic mass is 9.95. The maximum absolute atomic E-state index is 14.0. The molecule has 1 atom stereocenters. The van der Waals surface area contributed by atoms with Gasteiger partial charge in [-0.15, -0.1) is 0 Å². The SMILES string of the molecule is CCOC(=O)C1=C(C)N=c2s/c(=C/c3ccc(-c4ccc(C(=O)OC(C)C)cc4C)o3)c(=O)n2[C@H]1c1ccc(OC)c(OC)c1. The third kappa shape index (κ3) is 6.21. The largest absolute Gasteiger partial charge is 0.493 e. The van der Waals surface area contributed by atoms with Crippen LogP contribution in [0.4, 0.5) is 0 Å². The Morgan fingerprint density at radius 2 is 1.78 bits per heavy atom. The number of hydrogen-bond acceptors (Lipinski definition) is 10. The monoisotopic (exact) mass is 630 g/mol. The Morgan fingerprint density at radius 3 is 2.44 bits per heavy atom. The normalized spacial score (nSPS) is 14.7. The van der Waals surface area contributed by atoms with E-state index in [1.807, 2.05) is 19.1 Å². The van der Waals surface area contributed by atoms with Gasteiger partial charge in [0.1, 0.15) is 11.5 Å². The first-order valence-electron chi connectivity index (χ1n) is 14.4. The predicted octanol–water partition coefficient (Wildman–Crippen LogP) is 4.95. The Balaban J connectivity index is 1.57. The molecule has 0 unspecified atom stereocenters. The Labute approximate surface area is 263 Å². The molecule has 0 fully saturated rings. The average molecular weight is 631 g/mol. The molecule has 3 heterocycles. The molecule has 11 heteroatoms. The number of carbonyl (C=O) groups is 2. The third-order valence-corrected chi connectivity index (χ3v) is 8.19. The molecule has 0 radical (unpaired) electrons. The van der Waals surface area contributed by atoms with Crippen LogP contribution >= 0.6 is 11.3 Å². The summed E-state index contributed by atoms with van der Waals surface area (Å²) >= 11 is 1.20. The smallest absolute Gasteiger partial charge is 0.338 e. The minimum atomic E-state index is -0.807. The van der Waals surface area contributed by atoms with Gasteiger partial charge in [-0.1, -0.05) is 23.5 Å². The van der Waals surface area contributed by atoms with Crippen molar-refractivity contribution >= 4 is 29.4 Å². The van der Waals surface area contributed by atoms with E-state index in [0.29, 0.717) is 49.2 Å². The van der Waals surface area contributed by atoms with Gasteiger partial charge in [0.2, 0.25) is 0 Å². The lowest BCUT2D eigenvalue weighted by molar-refractivity contribution is -0.139. The summed E-state index contributed by atoms with van der Waals surface area (Å²) in [5, 5.41) is 0. The molecule has 10 nitrogen and oxygen atoms in total. The number of rotatable bonds is 9. The van der Waals surface area contributed by atoms with Gasteiger partial charge in [-0.05, 0) is 82.1 Å². The highest BCUT2D eigenvalue weighted by atomic mass is 32.1. The average Bonchev–Trinajstić information content (AvgIpc) is 3.59. The van der Waals surface area contributed by atoms with Crippen LogP contribution in [0.25, 0.3) is 17.4 Å². The number of benzene rings is 2. The summed E-state index contributed by atoms with van der Waals surface area (Å²) in [5.41, 5.74) is 3.12. The van der Waals surface area contributed by atoms with Crippen molar-refractivity contribution in [2.24, 2.45) is 4.99 Å². The Hall–Kier alpha value is -4.90. The summed E-state index contributed by atoms with van der Waals surface area (Å²) in [7, 11) is 3.06. The van der Waals surface area contributed by atoms with Gasteiger partial charge in [-0.2, -0.15) is 0 Å². The molecule has 45 heavy (non-hydrogen) atoms. The number of allylic oxidation sites excluding steroid dienone is 1. The van der Waals surface area contributed by atoms with E-state index in [1.165, 1.54) is 30.1 Å². The summed E-state index contributed by atoms with van der Waals surface area (Å²) < 4.78 is 29.6. The summed E-state index contributed by atoms with van der Waals surface area (Å²) in [6.07, 6.45) is 1.44. The lowest BCUT2D eigenvalue weighted by Gasteiger charge is -2.25. The van der Waals surface area contributed by atoms with Crippen molar-refractivity contribution in [3.8, 4) is 22.8 Å². The van der Waals surface area contributed by atoms with Gasteiger partial charge in [-0.25, -0.2) is 14.6 Å². The standard InChI is InChI=1S/C34H34N2O8S/c1-8-42-33(39)29-20(5)35-34-36(30(29)21-10-13-26(40-6)27(16-21)41-7)31(37)28(45-34)17-23-11-14-25(44-23)24-12-9-22(15-19(24)4)32(38)43-18(2)3/h9-18,30H,8H2,1-7H3/b28-17+/t30-/m0/s1. The summed E-state index contributed by atoms with van der Waals surface area (Å²) in [6.45, 7) is 9.12. The van der Waals surface area contributed by atoms with Crippen LogP contribution in [-0.2, 0) is 14.3 Å². The molecule has 0 amide bonds. The minimum Gasteiger partial charge on any atom is -0.493 e. The number of nitrogens with zero attached hydrogens (tertiary/aromatic N) is 2. The molecule has 4 aromatic rings. The zero-order valence-corrected chi connectivity index (χ0v) is 26.9. The fraction of sp³-hybridized carbons (Fsp3) is 0.294. The van der Waals surface area contributed by atoms with Gasteiger partial charge < -0.3 is 23.4 Å². The van der Waals surface area contributed by atoms with Crippen molar-refractivity contribution in [2.45, 2.75) is 46.8 Å². The molecular weight excluding hydrogens is 596 g/mol. The van der Waals surface area contributed by atoms with Gasteiger partial charge in [0.25, 0.3) is 5.56 Å². The fourth-order valence-corrected chi connectivity index (χ4v) is 6.21. The van der Waals surface area contributed by atoms with Crippen molar-refractivity contribution in [1.82, 2.24) is 4.57 Å². The van der Waals surface area contributed by atoms with E-state index in [2.05, 4.69) is 4.99 Å². The number of aryl methyl sites for hydroxylation is 1. The van der Waals surface area contributed by atoms with Crippen molar-refractivity contribution in [3.05, 3.63) is 102 Å². The number of aromatic nitrogens is 1. The maximum Gasteiger partial charge on any atom is 0.338 e. The number of methoxy groups -OCH3 is 2. The maximum atomic E-state index is 14.0. The first kappa shape index (κ1) is 31.5. The second kappa shape index (κ2) is 13.0. The van der Waals surface area contributed by atoms with Crippen LogP contribution in [0.3, 0.4) is 0 Å². The zero-order valence-electron chi connectivity index (χ0n) is 26.1. The second-order valence-electron chi connectivity index (χ2n) is 10.6. The number of carbonyl (C=O) groups excluding carboxylic acids is 2. The highest BCUT2D eigenvalue weighted by molar-refractivity contribution is 7.07. The number of ether oxygens (including phenoxy) is 4. The number of thiazole rings is 1. The molecular formula is C34H34N2O8S. The van der Waals surface area contributed by atoms with E-state index in [9.17, 15) is 14.4 Å². The number of hydrogen-bond donors (Lipinski definition) is 0. The van der Waals surface area contributed by atoms with E-state index in [-0.39, 0.29) is 29.8 Å². The third-order valence-electron chi connectivity index (χ3n) is 7.21. The Kier molecular flexibility index (Phi) is 9.10. The van der Waals surface area contributed by atoms with E-state index in [4.69, 9.17) is 23.4 Å².